The molecular formula is C15H18O2. The number of aliphatic hydroxyl groups excluding tert-OH is 1. The first-order chi connectivity index (χ1) is 8.38. The number of rotatable bonds is 3. The van der Waals surface area contributed by atoms with Gasteiger partial charge in [0.25, 0.3) is 0 Å². The summed E-state index contributed by atoms with van der Waals surface area (Å²) < 4.78 is 5.78. The second-order valence-corrected chi connectivity index (χ2v) is 4.45. The Labute approximate surface area is 103 Å². The Kier molecular flexibility index (Phi) is 4.46. The number of hydrogen-bond donors (Lipinski definition) is 1. The van der Waals surface area contributed by atoms with Gasteiger partial charge >= 0.3 is 0 Å². The van der Waals surface area contributed by atoms with Gasteiger partial charge in [-0.1, -0.05) is 30.7 Å². The van der Waals surface area contributed by atoms with E-state index in [4.69, 9.17) is 9.84 Å². The first-order valence-electron chi connectivity index (χ1n) is 6.21. The van der Waals surface area contributed by atoms with E-state index in [0.29, 0.717) is 0 Å². The molecule has 1 aromatic carbocycles. The first-order valence-corrected chi connectivity index (χ1v) is 6.21. The number of aliphatic hydroxyl groups is 1. The zero-order chi connectivity index (χ0) is 11.9. The molecule has 2 heteroatoms. The van der Waals surface area contributed by atoms with Gasteiger partial charge in [-0.15, -0.1) is 0 Å². The van der Waals surface area contributed by atoms with Crippen LogP contribution in [0.25, 0.3) is 0 Å². The lowest BCUT2D eigenvalue weighted by Crippen LogP contribution is -2.07. The molecule has 90 valence electrons. The molecule has 1 aromatic rings. The lowest BCUT2D eigenvalue weighted by molar-refractivity contribution is 0.252. The summed E-state index contributed by atoms with van der Waals surface area (Å²) >= 11 is 0. The zero-order valence-electron chi connectivity index (χ0n) is 9.98. The fraction of sp³-hybridized carbons (Fsp3) is 0.467. The molecule has 0 heterocycles. The van der Waals surface area contributed by atoms with Crippen molar-refractivity contribution in [3.63, 3.8) is 0 Å². The van der Waals surface area contributed by atoms with Gasteiger partial charge in [-0.05, 0) is 37.0 Å². The van der Waals surface area contributed by atoms with Crippen LogP contribution in [0, 0.1) is 17.8 Å². The maximum absolute atomic E-state index is 8.64. The van der Waals surface area contributed by atoms with Gasteiger partial charge in [0.1, 0.15) is 12.4 Å². The molecule has 1 aliphatic carbocycles. The fourth-order valence-electron chi connectivity index (χ4n) is 2.20. The number of benzene rings is 1. The largest absolute Gasteiger partial charge is 0.493 e. The summed E-state index contributed by atoms with van der Waals surface area (Å²) in [5, 5.41) is 8.64. The van der Waals surface area contributed by atoms with E-state index in [9.17, 15) is 0 Å². The van der Waals surface area contributed by atoms with Crippen LogP contribution in [0.5, 0.6) is 5.75 Å². The van der Waals surface area contributed by atoms with E-state index in [1.165, 1.54) is 25.7 Å². The highest BCUT2D eigenvalue weighted by molar-refractivity contribution is 5.39. The fourth-order valence-corrected chi connectivity index (χ4v) is 2.20. The highest BCUT2D eigenvalue weighted by Gasteiger charge is 2.15. The van der Waals surface area contributed by atoms with E-state index in [1.807, 2.05) is 24.3 Å². The molecule has 0 unspecified atom stereocenters. The van der Waals surface area contributed by atoms with E-state index in [1.54, 1.807) is 0 Å². The standard InChI is InChI=1S/C15H18O2/c16-10-4-8-13-7-3-9-15(11-13)17-12-14-5-1-2-6-14/h3,7,9,11,14,16H,1-2,5-6,10,12H2. The van der Waals surface area contributed by atoms with Crippen molar-refractivity contribution >= 4 is 0 Å². The van der Waals surface area contributed by atoms with E-state index < -0.39 is 0 Å². The molecule has 0 amide bonds. The molecule has 1 aliphatic rings. The van der Waals surface area contributed by atoms with Gasteiger partial charge in [0.05, 0.1) is 6.61 Å². The summed E-state index contributed by atoms with van der Waals surface area (Å²) in [6.07, 6.45) is 5.28. The summed E-state index contributed by atoms with van der Waals surface area (Å²) in [5.74, 6) is 7.12. The highest BCUT2D eigenvalue weighted by Crippen LogP contribution is 2.25. The summed E-state index contributed by atoms with van der Waals surface area (Å²) in [6.45, 7) is 0.712. The molecule has 0 aromatic heterocycles. The lowest BCUT2D eigenvalue weighted by atomic mass is 10.1. The van der Waals surface area contributed by atoms with Crippen molar-refractivity contribution in [2.45, 2.75) is 25.7 Å². The van der Waals surface area contributed by atoms with Gasteiger partial charge in [0, 0.05) is 5.56 Å². The third-order valence-electron chi connectivity index (χ3n) is 3.11. The molecule has 1 saturated carbocycles. The third kappa shape index (κ3) is 3.80. The van der Waals surface area contributed by atoms with Crippen molar-refractivity contribution in [2.24, 2.45) is 5.92 Å². The molecule has 0 atom stereocenters. The topological polar surface area (TPSA) is 29.5 Å². The second-order valence-electron chi connectivity index (χ2n) is 4.45. The lowest BCUT2D eigenvalue weighted by Gasteiger charge is -2.11. The Hall–Kier alpha value is -1.46. The van der Waals surface area contributed by atoms with Gasteiger partial charge in [-0.25, -0.2) is 0 Å². The minimum atomic E-state index is -0.104. The van der Waals surface area contributed by atoms with E-state index in [-0.39, 0.29) is 6.61 Å². The summed E-state index contributed by atoms with van der Waals surface area (Å²) in [4.78, 5) is 0. The van der Waals surface area contributed by atoms with Crippen molar-refractivity contribution < 1.29 is 9.84 Å². The van der Waals surface area contributed by atoms with Crippen molar-refractivity contribution in [1.82, 2.24) is 0 Å². The van der Waals surface area contributed by atoms with Crippen molar-refractivity contribution in [1.29, 1.82) is 0 Å². The van der Waals surface area contributed by atoms with Crippen LogP contribution in [0.4, 0.5) is 0 Å². The van der Waals surface area contributed by atoms with Gasteiger partial charge in [-0.2, -0.15) is 0 Å². The summed E-state index contributed by atoms with van der Waals surface area (Å²) in [6, 6.07) is 7.74. The Morgan fingerprint density at radius 2 is 2.12 bits per heavy atom. The quantitative estimate of drug-likeness (QED) is 0.809. The van der Waals surface area contributed by atoms with Crippen molar-refractivity contribution in [3.05, 3.63) is 29.8 Å². The molecule has 0 bridgehead atoms. The van der Waals surface area contributed by atoms with Crippen LogP contribution in [-0.4, -0.2) is 18.3 Å². The molecule has 2 nitrogen and oxygen atoms in total. The van der Waals surface area contributed by atoms with E-state index >= 15 is 0 Å². The monoisotopic (exact) mass is 230 g/mol. The van der Waals surface area contributed by atoms with Crippen molar-refractivity contribution in [3.8, 4) is 17.6 Å². The first kappa shape index (κ1) is 12.0. The molecular weight excluding hydrogens is 212 g/mol. The average molecular weight is 230 g/mol. The summed E-state index contributed by atoms with van der Waals surface area (Å²) in [5.41, 5.74) is 0.892. The van der Waals surface area contributed by atoms with Crippen LogP contribution >= 0.6 is 0 Å². The Morgan fingerprint density at radius 3 is 2.88 bits per heavy atom. The third-order valence-corrected chi connectivity index (χ3v) is 3.11. The molecule has 0 spiro atoms. The highest BCUT2D eigenvalue weighted by atomic mass is 16.5. The molecule has 0 radical (unpaired) electrons. The smallest absolute Gasteiger partial charge is 0.120 e. The maximum atomic E-state index is 8.64. The molecule has 2 rings (SSSR count). The normalized spacial score (nSPS) is 15.4. The number of hydrogen-bond acceptors (Lipinski definition) is 2. The number of ether oxygens (including phenoxy) is 1. The Balaban J connectivity index is 1.91. The Bertz CT molecular complexity index is 408. The van der Waals surface area contributed by atoms with E-state index in [0.717, 1.165) is 23.8 Å². The predicted octanol–water partition coefficient (Wildman–Crippen LogP) is 2.60. The van der Waals surface area contributed by atoms with Crippen molar-refractivity contribution in [2.75, 3.05) is 13.2 Å². The van der Waals surface area contributed by atoms with E-state index in [2.05, 4.69) is 11.8 Å². The minimum absolute atomic E-state index is 0.104. The summed E-state index contributed by atoms with van der Waals surface area (Å²) in [7, 11) is 0. The maximum Gasteiger partial charge on any atom is 0.120 e. The van der Waals surface area contributed by atoms with Crippen LogP contribution in [-0.2, 0) is 0 Å². The second kappa shape index (κ2) is 6.32. The van der Waals surface area contributed by atoms with Crippen LogP contribution in [0.15, 0.2) is 24.3 Å². The molecule has 0 saturated heterocycles. The Morgan fingerprint density at radius 1 is 1.29 bits per heavy atom. The van der Waals surface area contributed by atoms with Gasteiger partial charge in [-0.3, -0.25) is 0 Å². The average Bonchev–Trinajstić information content (AvgIpc) is 2.87. The minimum Gasteiger partial charge on any atom is -0.493 e. The SMILES string of the molecule is OCC#Cc1cccc(OCC2CCCC2)c1. The molecule has 1 fully saturated rings. The molecule has 1 N–H and O–H groups in total. The van der Waals surface area contributed by atoms with Gasteiger partial charge < -0.3 is 9.84 Å². The molecule has 17 heavy (non-hydrogen) atoms. The molecule has 0 aliphatic heterocycles. The van der Waals surface area contributed by atoms with Crippen LogP contribution in [0.1, 0.15) is 31.2 Å². The predicted molar refractivity (Wildman–Crippen MR) is 67.9 cm³/mol. The van der Waals surface area contributed by atoms with Gasteiger partial charge in [0.15, 0.2) is 0 Å². The van der Waals surface area contributed by atoms with Crippen LogP contribution in [0.3, 0.4) is 0 Å². The van der Waals surface area contributed by atoms with Crippen LogP contribution < -0.4 is 4.74 Å². The van der Waals surface area contributed by atoms with Gasteiger partial charge in [0.2, 0.25) is 0 Å². The van der Waals surface area contributed by atoms with Crippen LogP contribution in [0.2, 0.25) is 0 Å². The zero-order valence-corrected chi connectivity index (χ0v) is 9.98.